The van der Waals surface area contributed by atoms with Crippen LogP contribution in [0.4, 0.5) is 5.69 Å². The summed E-state index contributed by atoms with van der Waals surface area (Å²) in [6.07, 6.45) is -0.0259. The number of aryl methyl sites for hydroxylation is 1. The fourth-order valence-electron chi connectivity index (χ4n) is 1.30. The van der Waals surface area contributed by atoms with Crippen LogP contribution in [0.5, 0.6) is 0 Å². The third kappa shape index (κ3) is 2.44. The van der Waals surface area contributed by atoms with Crippen molar-refractivity contribution in [1.29, 1.82) is 0 Å². The molecule has 7 heteroatoms. The molecule has 1 amide bonds. The molecule has 0 aliphatic heterocycles. The molecule has 1 aromatic heterocycles. The van der Waals surface area contributed by atoms with Crippen LogP contribution in [0, 0.1) is 17.0 Å². The second kappa shape index (κ2) is 4.56. The van der Waals surface area contributed by atoms with E-state index in [1.54, 1.807) is 6.92 Å². The van der Waals surface area contributed by atoms with Crippen LogP contribution in [-0.4, -0.2) is 15.4 Å². The van der Waals surface area contributed by atoms with Crippen molar-refractivity contribution in [3.05, 3.63) is 38.3 Å². The van der Waals surface area contributed by atoms with E-state index in [1.165, 1.54) is 10.6 Å². The number of nitrogens with two attached hydrogens (primary N) is 1. The minimum Gasteiger partial charge on any atom is -0.370 e. The highest BCUT2D eigenvalue weighted by molar-refractivity contribution is 5.73. The van der Waals surface area contributed by atoms with E-state index in [-0.39, 0.29) is 13.0 Å². The maximum absolute atomic E-state index is 11.6. The molecule has 0 unspecified atom stereocenters. The first kappa shape index (κ1) is 11.9. The van der Waals surface area contributed by atoms with Crippen molar-refractivity contribution in [3.63, 3.8) is 0 Å². The molecule has 7 nitrogen and oxygen atoms in total. The number of pyridine rings is 1. The van der Waals surface area contributed by atoms with Gasteiger partial charge in [0.05, 0.1) is 4.92 Å². The van der Waals surface area contributed by atoms with Crippen molar-refractivity contribution < 1.29 is 9.72 Å². The maximum Gasteiger partial charge on any atom is 0.334 e. The van der Waals surface area contributed by atoms with Crippen LogP contribution < -0.4 is 11.3 Å². The number of rotatable bonds is 4. The maximum atomic E-state index is 11.6. The van der Waals surface area contributed by atoms with Crippen molar-refractivity contribution in [2.45, 2.75) is 19.9 Å². The highest BCUT2D eigenvalue weighted by Crippen LogP contribution is 2.06. The summed E-state index contributed by atoms with van der Waals surface area (Å²) in [5.41, 5.74) is 4.28. The summed E-state index contributed by atoms with van der Waals surface area (Å²) in [5.74, 6) is -0.558. The Labute approximate surface area is 90.6 Å². The van der Waals surface area contributed by atoms with E-state index in [2.05, 4.69) is 0 Å². The van der Waals surface area contributed by atoms with E-state index in [0.717, 1.165) is 6.07 Å². The van der Waals surface area contributed by atoms with E-state index in [9.17, 15) is 19.7 Å². The topological polar surface area (TPSA) is 108 Å². The minimum atomic E-state index is -0.747. The molecule has 0 saturated heterocycles. The smallest absolute Gasteiger partial charge is 0.334 e. The molecular formula is C9H11N3O4. The number of aromatic nitrogens is 1. The first-order valence-electron chi connectivity index (χ1n) is 4.56. The lowest BCUT2D eigenvalue weighted by atomic mass is 10.3. The number of hydrogen-bond acceptors (Lipinski definition) is 4. The molecule has 0 saturated carbocycles. The quantitative estimate of drug-likeness (QED) is 0.571. The molecule has 0 bridgehead atoms. The van der Waals surface area contributed by atoms with Gasteiger partial charge in [0.25, 0.3) is 0 Å². The van der Waals surface area contributed by atoms with Crippen molar-refractivity contribution in [1.82, 2.24) is 4.57 Å². The Balaban J connectivity index is 3.16. The summed E-state index contributed by atoms with van der Waals surface area (Å²) >= 11 is 0. The van der Waals surface area contributed by atoms with Gasteiger partial charge in [0.2, 0.25) is 5.91 Å². The number of carbonyl (C=O) groups is 1. The predicted octanol–water partition coefficient (Wildman–Crippen LogP) is -0.0597. The fourth-order valence-corrected chi connectivity index (χ4v) is 1.30. The van der Waals surface area contributed by atoms with E-state index in [1.807, 2.05) is 0 Å². The Hall–Kier alpha value is -2.18. The standard InChI is InChI=1S/C9H11N3O4/c1-6-2-3-7(12(15)16)9(14)11(6)5-4-8(10)13/h2-3H,4-5H2,1H3,(H2,10,13). The molecular weight excluding hydrogens is 214 g/mol. The average Bonchev–Trinajstić information content (AvgIpc) is 2.16. The number of amides is 1. The number of nitro groups is 1. The van der Waals surface area contributed by atoms with Gasteiger partial charge in [-0.2, -0.15) is 0 Å². The van der Waals surface area contributed by atoms with Crippen LogP contribution in [0.1, 0.15) is 12.1 Å². The van der Waals surface area contributed by atoms with E-state index in [0.29, 0.717) is 5.69 Å². The summed E-state index contributed by atoms with van der Waals surface area (Å²) in [6, 6.07) is 2.61. The Morgan fingerprint density at radius 2 is 2.19 bits per heavy atom. The van der Waals surface area contributed by atoms with Gasteiger partial charge in [0.1, 0.15) is 0 Å². The van der Waals surface area contributed by atoms with Crippen LogP contribution >= 0.6 is 0 Å². The molecule has 0 fully saturated rings. The van der Waals surface area contributed by atoms with Gasteiger partial charge in [-0.15, -0.1) is 0 Å². The van der Waals surface area contributed by atoms with Crippen LogP contribution in [-0.2, 0) is 11.3 Å². The van der Waals surface area contributed by atoms with Gasteiger partial charge in [-0.3, -0.25) is 19.7 Å². The zero-order chi connectivity index (χ0) is 12.3. The summed E-state index contributed by atoms with van der Waals surface area (Å²) in [4.78, 5) is 32.0. The monoisotopic (exact) mass is 225 g/mol. The molecule has 0 atom stereocenters. The van der Waals surface area contributed by atoms with Gasteiger partial charge in [-0.1, -0.05) is 0 Å². The summed E-state index contributed by atoms with van der Waals surface area (Å²) in [5, 5.41) is 10.5. The molecule has 1 aromatic rings. The summed E-state index contributed by atoms with van der Waals surface area (Å²) in [7, 11) is 0. The van der Waals surface area contributed by atoms with Gasteiger partial charge >= 0.3 is 11.2 Å². The Kier molecular flexibility index (Phi) is 3.39. The van der Waals surface area contributed by atoms with E-state index in [4.69, 9.17) is 5.73 Å². The van der Waals surface area contributed by atoms with E-state index < -0.39 is 22.1 Å². The second-order valence-electron chi connectivity index (χ2n) is 3.29. The molecule has 16 heavy (non-hydrogen) atoms. The minimum absolute atomic E-state index is 0.0259. The van der Waals surface area contributed by atoms with Crippen molar-refractivity contribution in [3.8, 4) is 0 Å². The zero-order valence-corrected chi connectivity index (χ0v) is 8.67. The first-order valence-corrected chi connectivity index (χ1v) is 4.56. The highest BCUT2D eigenvalue weighted by atomic mass is 16.6. The largest absolute Gasteiger partial charge is 0.370 e. The number of nitrogens with zero attached hydrogens (tertiary/aromatic N) is 2. The second-order valence-corrected chi connectivity index (χ2v) is 3.29. The van der Waals surface area contributed by atoms with Gasteiger partial charge in [-0.25, -0.2) is 0 Å². The molecule has 0 aliphatic carbocycles. The van der Waals surface area contributed by atoms with Crippen LogP contribution in [0.2, 0.25) is 0 Å². The number of primary amides is 1. The van der Waals surface area contributed by atoms with Gasteiger partial charge in [-0.05, 0) is 13.0 Å². The molecule has 0 spiro atoms. The summed E-state index contributed by atoms with van der Waals surface area (Å²) in [6.45, 7) is 1.69. The van der Waals surface area contributed by atoms with Gasteiger partial charge in [0, 0.05) is 24.7 Å². The van der Waals surface area contributed by atoms with Crippen molar-refractivity contribution in [2.75, 3.05) is 0 Å². The third-order valence-corrected chi connectivity index (χ3v) is 2.15. The third-order valence-electron chi connectivity index (χ3n) is 2.15. The SMILES string of the molecule is Cc1ccc([N+](=O)[O-])c(=O)n1CCC(N)=O. The molecule has 2 N–H and O–H groups in total. The Bertz CT molecular complexity index is 492. The molecule has 86 valence electrons. The first-order chi connectivity index (χ1) is 7.43. The summed E-state index contributed by atoms with van der Waals surface area (Å²) < 4.78 is 1.17. The fraction of sp³-hybridized carbons (Fsp3) is 0.333. The normalized spacial score (nSPS) is 10.1. The lowest BCUT2D eigenvalue weighted by Crippen LogP contribution is -2.26. The molecule has 1 heterocycles. The number of hydrogen-bond donors (Lipinski definition) is 1. The van der Waals surface area contributed by atoms with Crippen molar-refractivity contribution >= 4 is 11.6 Å². The average molecular weight is 225 g/mol. The zero-order valence-electron chi connectivity index (χ0n) is 8.67. The molecule has 0 aliphatic rings. The van der Waals surface area contributed by atoms with Gasteiger partial charge in [0.15, 0.2) is 0 Å². The van der Waals surface area contributed by atoms with Crippen LogP contribution in [0.15, 0.2) is 16.9 Å². The predicted molar refractivity (Wildman–Crippen MR) is 55.9 cm³/mol. The lowest BCUT2D eigenvalue weighted by Gasteiger charge is -2.07. The van der Waals surface area contributed by atoms with Crippen LogP contribution in [0.3, 0.4) is 0 Å². The Morgan fingerprint density at radius 3 is 2.69 bits per heavy atom. The van der Waals surface area contributed by atoms with Gasteiger partial charge < -0.3 is 10.3 Å². The van der Waals surface area contributed by atoms with Crippen molar-refractivity contribution in [2.24, 2.45) is 5.73 Å². The van der Waals surface area contributed by atoms with E-state index >= 15 is 0 Å². The lowest BCUT2D eigenvalue weighted by molar-refractivity contribution is -0.386. The molecule has 0 radical (unpaired) electrons. The molecule has 1 rings (SSSR count). The number of carbonyl (C=O) groups excluding carboxylic acids is 1. The highest BCUT2D eigenvalue weighted by Gasteiger charge is 2.15. The van der Waals surface area contributed by atoms with Crippen LogP contribution in [0.25, 0.3) is 0 Å². The Morgan fingerprint density at radius 1 is 1.56 bits per heavy atom. The molecule has 0 aromatic carbocycles.